The number of aromatic hydroxyl groups is 2. The quantitative estimate of drug-likeness (QED) is 0.183. The minimum absolute atomic E-state index is 0.0181. The normalized spacial score (nSPS) is 31.6. The molecular formula is C47H64N4O12. The summed E-state index contributed by atoms with van der Waals surface area (Å²) in [5.74, 6) is -4.64. The molecule has 2 aromatic carbocycles. The number of esters is 1. The zero-order chi connectivity index (χ0) is 46.3. The van der Waals surface area contributed by atoms with Gasteiger partial charge in [-0.15, -0.1) is 0 Å². The molecule has 344 valence electrons. The lowest BCUT2D eigenvalue weighted by Crippen LogP contribution is -2.45. The van der Waals surface area contributed by atoms with E-state index in [1.54, 1.807) is 37.0 Å². The average Bonchev–Trinajstić information content (AvgIpc) is 3.73. The van der Waals surface area contributed by atoms with E-state index >= 15 is 0 Å². The van der Waals surface area contributed by atoms with Crippen LogP contribution in [0.2, 0.25) is 0 Å². The zero-order valence-corrected chi connectivity index (χ0v) is 38.2. The number of anilines is 1. The summed E-state index contributed by atoms with van der Waals surface area (Å²) in [6, 6.07) is 0. The number of nitrogens with zero attached hydrogens (tertiary/aromatic N) is 3. The van der Waals surface area contributed by atoms with Gasteiger partial charge < -0.3 is 54.3 Å². The Labute approximate surface area is 368 Å². The molecular weight excluding hydrogens is 813 g/mol. The molecule has 1 unspecified atom stereocenters. The molecule has 9 atom stereocenters. The number of amides is 2. The van der Waals surface area contributed by atoms with Crippen LogP contribution in [0.3, 0.4) is 0 Å². The topological polar surface area (TPSA) is 218 Å². The molecule has 4 bridgehead atoms. The molecule has 0 aliphatic carbocycles. The fourth-order valence-electron chi connectivity index (χ4n) is 9.18. The summed E-state index contributed by atoms with van der Waals surface area (Å²) in [4.78, 5) is 51.1. The second-order valence-corrected chi connectivity index (χ2v) is 18.4. The maximum atomic E-state index is 13.9. The second kappa shape index (κ2) is 18.5. The van der Waals surface area contributed by atoms with E-state index in [0.29, 0.717) is 12.0 Å². The van der Waals surface area contributed by atoms with Gasteiger partial charge in [0.25, 0.3) is 11.7 Å². The maximum absolute atomic E-state index is 13.9. The third-order valence-corrected chi connectivity index (χ3v) is 12.9. The van der Waals surface area contributed by atoms with Gasteiger partial charge in [0.15, 0.2) is 17.5 Å². The van der Waals surface area contributed by atoms with Crippen molar-refractivity contribution < 1.29 is 58.5 Å². The van der Waals surface area contributed by atoms with Crippen molar-refractivity contribution in [3.8, 4) is 17.2 Å². The number of phenolic OH excluding ortho intramolecular Hbond substituents is 2. The average molecular weight is 877 g/mol. The molecule has 4 aliphatic rings. The van der Waals surface area contributed by atoms with Gasteiger partial charge in [0.1, 0.15) is 28.6 Å². The Morgan fingerprint density at radius 1 is 1.00 bits per heavy atom. The van der Waals surface area contributed by atoms with Crippen LogP contribution >= 0.6 is 0 Å². The number of carbonyl (C=O) groups excluding carboxylic acids is 3. The number of hydrogen-bond donors (Lipinski definition) is 5. The molecule has 2 aromatic rings. The number of benzene rings is 2. The summed E-state index contributed by atoms with van der Waals surface area (Å²) in [7, 11) is 1.50. The lowest BCUT2D eigenvalue weighted by Gasteiger charge is -2.36. The van der Waals surface area contributed by atoms with Crippen LogP contribution in [0.1, 0.15) is 98.8 Å². The van der Waals surface area contributed by atoms with Crippen LogP contribution < -0.4 is 20.8 Å². The van der Waals surface area contributed by atoms with Crippen molar-refractivity contribution in [1.82, 2.24) is 4.90 Å². The Kier molecular flexibility index (Phi) is 13.9. The molecule has 1 saturated heterocycles. The summed E-state index contributed by atoms with van der Waals surface area (Å²) in [6.07, 6.45) is 5.15. The third kappa shape index (κ3) is 9.25. The summed E-state index contributed by atoms with van der Waals surface area (Å²) < 4.78 is 29.8. The molecule has 4 heterocycles. The minimum Gasteiger partial charge on any atom is -0.507 e. The van der Waals surface area contributed by atoms with Crippen molar-refractivity contribution in [2.75, 3.05) is 32.1 Å². The predicted octanol–water partition coefficient (Wildman–Crippen LogP) is 5.77. The number of carbonyl (C=O) groups is 3. The van der Waals surface area contributed by atoms with Crippen LogP contribution in [0.4, 0.5) is 10.5 Å². The summed E-state index contributed by atoms with van der Waals surface area (Å²) in [6.45, 7) is 18.4. The van der Waals surface area contributed by atoms with Gasteiger partial charge in [-0.3, -0.25) is 19.6 Å². The fourth-order valence-corrected chi connectivity index (χ4v) is 9.18. The summed E-state index contributed by atoms with van der Waals surface area (Å²) in [5.41, 5.74) is -0.530. The summed E-state index contributed by atoms with van der Waals surface area (Å²) >= 11 is 0. The molecule has 4 aliphatic heterocycles. The number of aliphatic hydroxyl groups is 2. The highest BCUT2D eigenvalue weighted by atomic mass is 16.7. The third-order valence-electron chi connectivity index (χ3n) is 12.9. The standard InChI is InChI=1S/C47H64N4O12/c1-23(2)22-60-45(58)51-18-16-47(17-19-51)49-35-32-33-39(54)29(8)42-34(32)43(56)46(10,63-42)61-20-15-31(59-11)27(6)41(62-30(9)52)28(7)38(53)26(5)21-24(3)13-12-14-25(4)44(57)48-37(40(33)55)36(35)50-47/h12-15,20,23-24,26-28,31,38,41,43,53-56H,16-19,21-22H2,1-11H3,(H,48,57)/b13-12+,20-15+,25-14-/t24-,26+,27+,28+,31-,38+,41+,43?,46-/m0/s1. The first kappa shape index (κ1) is 47.3. The van der Waals surface area contributed by atoms with Crippen molar-refractivity contribution in [2.45, 2.75) is 124 Å². The van der Waals surface area contributed by atoms with Crippen LogP contribution in [-0.2, 0) is 28.5 Å². The SMILES string of the molecule is CO[C@H]1/C=C/O[C@@]2(C)Oc3c(C)c(O)c4c(O)c(c5c(c4c3C2O)=NC2(CCN(C(=O)OCC(C)C)CC2)N=5)NC(=O)/C(C)=C\C=C\[C@H](C)C[C@@H](C)[C@@H](O)[C@@H](C)[C@H](OC(C)=O)[C@@H]1C. The molecule has 63 heavy (non-hydrogen) atoms. The van der Waals surface area contributed by atoms with Crippen molar-refractivity contribution in [1.29, 1.82) is 0 Å². The first-order chi connectivity index (χ1) is 29.6. The van der Waals surface area contributed by atoms with E-state index in [-0.39, 0.29) is 100 Å². The Morgan fingerprint density at radius 2 is 1.67 bits per heavy atom. The van der Waals surface area contributed by atoms with Crippen LogP contribution in [0.5, 0.6) is 17.2 Å². The molecule has 2 amide bonds. The lowest BCUT2D eigenvalue weighted by molar-refractivity contribution is -0.181. The van der Waals surface area contributed by atoms with E-state index in [0.717, 1.165) is 0 Å². The lowest BCUT2D eigenvalue weighted by atomic mass is 9.79. The Hall–Kier alpha value is -5.19. The molecule has 16 heteroatoms. The zero-order valence-electron chi connectivity index (χ0n) is 38.2. The van der Waals surface area contributed by atoms with Gasteiger partial charge in [0.05, 0.1) is 35.8 Å². The Balaban J connectivity index is 1.51. The van der Waals surface area contributed by atoms with E-state index < -0.39 is 71.4 Å². The highest BCUT2D eigenvalue weighted by molar-refractivity contribution is 6.08. The van der Waals surface area contributed by atoms with Crippen molar-refractivity contribution in [3.63, 3.8) is 0 Å². The first-order valence-electron chi connectivity index (χ1n) is 21.8. The Bertz CT molecular complexity index is 2330. The number of allylic oxidation sites excluding steroid dienone is 3. The van der Waals surface area contributed by atoms with Crippen LogP contribution in [-0.4, -0.2) is 99.9 Å². The van der Waals surface area contributed by atoms with E-state index in [9.17, 15) is 34.8 Å². The van der Waals surface area contributed by atoms with E-state index in [1.165, 1.54) is 27.2 Å². The van der Waals surface area contributed by atoms with Gasteiger partial charge in [-0.1, -0.05) is 59.8 Å². The number of rotatable bonds is 4. The van der Waals surface area contributed by atoms with Gasteiger partial charge >= 0.3 is 12.1 Å². The highest BCUT2D eigenvalue weighted by Gasteiger charge is 2.50. The largest absolute Gasteiger partial charge is 0.507 e. The van der Waals surface area contributed by atoms with Gasteiger partial charge in [0.2, 0.25) is 0 Å². The number of ether oxygens (including phenoxy) is 5. The minimum atomic E-state index is -1.79. The number of aliphatic hydroxyl groups excluding tert-OH is 2. The predicted molar refractivity (Wildman–Crippen MR) is 233 cm³/mol. The number of likely N-dealkylation sites (tertiary alicyclic amines) is 1. The van der Waals surface area contributed by atoms with Crippen LogP contribution in [0.15, 0.2) is 46.1 Å². The number of piperidine rings is 1. The number of nitrogens with one attached hydrogen (secondary N) is 1. The monoisotopic (exact) mass is 876 g/mol. The number of methoxy groups -OCH3 is 1. The highest BCUT2D eigenvalue weighted by Crippen LogP contribution is 2.54. The molecule has 1 spiro atoms. The molecule has 0 aromatic heterocycles. The van der Waals surface area contributed by atoms with Crippen LogP contribution in [0.25, 0.3) is 10.8 Å². The molecule has 0 radical (unpaired) electrons. The van der Waals surface area contributed by atoms with Gasteiger partial charge in [0, 0.05) is 80.8 Å². The number of phenols is 2. The molecule has 16 nitrogen and oxygen atoms in total. The molecule has 0 saturated carbocycles. The van der Waals surface area contributed by atoms with Gasteiger partial charge in [-0.05, 0) is 44.1 Å². The van der Waals surface area contributed by atoms with E-state index in [4.69, 9.17) is 33.7 Å². The second-order valence-electron chi connectivity index (χ2n) is 18.4. The van der Waals surface area contributed by atoms with E-state index in [2.05, 4.69) is 5.32 Å². The van der Waals surface area contributed by atoms with Gasteiger partial charge in [-0.25, -0.2) is 4.79 Å². The molecule has 1 fully saturated rings. The first-order valence-corrected chi connectivity index (χ1v) is 21.8. The number of fused-ring (bicyclic) bond motifs is 1. The van der Waals surface area contributed by atoms with Crippen molar-refractivity contribution in [3.05, 3.63) is 58.0 Å². The van der Waals surface area contributed by atoms with Crippen LogP contribution in [0, 0.1) is 36.5 Å². The molecule has 5 N–H and O–H groups in total. The van der Waals surface area contributed by atoms with Crippen molar-refractivity contribution in [2.24, 2.45) is 39.6 Å². The fraction of sp³-hybridized carbons (Fsp3) is 0.596. The maximum Gasteiger partial charge on any atom is 0.409 e. The Morgan fingerprint density at radius 3 is 2.30 bits per heavy atom. The summed E-state index contributed by atoms with van der Waals surface area (Å²) in [5, 5.41) is 51.1. The molecule has 6 rings (SSSR count). The van der Waals surface area contributed by atoms with Crippen molar-refractivity contribution >= 4 is 34.4 Å². The van der Waals surface area contributed by atoms with E-state index in [1.807, 2.05) is 47.6 Å². The van der Waals surface area contributed by atoms with Gasteiger partial charge in [-0.2, -0.15) is 0 Å². The number of hydrogen-bond acceptors (Lipinski definition) is 14. The smallest absolute Gasteiger partial charge is 0.409 e.